The lowest BCUT2D eigenvalue weighted by molar-refractivity contribution is -0.156. The highest BCUT2D eigenvalue weighted by Gasteiger charge is 2.30. The highest BCUT2D eigenvalue weighted by molar-refractivity contribution is 8.24. The van der Waals surface area contributed by atoms with Gasteiger partial charge in [0.2, 0.25) is 0 Å². The van der Waals surface area contributed by atoms with Gasteiger partial charge in [-0.05, 0) is 32.4 Å². The van der Waals surface area contributed by atoms with Gasteiger partial charge in [0.25, 0.3) is 5.70 Å². The smallest absolute Gasteiger partial charge is 0.344 e. The van der Waals surface area contributed by atoms with E-state index in [1.807, 2.05) is 6.07 Å². The average Bonchev–Trinajstić information content (AvgIpc) is 3.38. The number of hydrogen-bond acceptors (Lipinski definition) is 13. The Morgan fingerprint density at radius 3 is 1.98 bits per heavy atom. The molecule has 0 amide bonds. The summed E-state index contributed by atoms with van der Waals surface area (Å²) in [4.78, 5) is 51.2. The van der Waals surface area contributed by atoms with Crippen LogP contribution in [0, 0.1) is 24.8 Å². The normalized spacial score (nSPS) is 14.1. The van der Waals surface area contributed by atoms with E-state index in [1.54, 1.807) is 26.8 Å². The van der Waals surface area contributed by atoms with Crippen LogP contribution in [-0.4, -0.2) is 62.5 Å². The van der Waals surface area contributed by atoms with Crippen molar-refractivity contribution in [3.8, 4) is 17.6 Å². The van der Waals surface area contributed by atoms with Crippen LogP contribution in [0.15, 0.2) is 51.1 Å². The molecule has 0 N–H and O–H groups in total. The molecule has 1 heterocycles. The lowest BCUT2D eigenvalue weighted by Crippen LogP contribution is -2.24. The molecule has 1 aliphatic heterocycles. The third-order valence-electron chi connectivity index (χ3n) is 4.75. The highest BCUT2D eigenvalue weighted by Crippen LogP contribution is 2.59. The zero-order valence-corrected chi connectivity index (χ0v) is 24.1. The number of nitriles is 1. The Hall–Kier alpha value is -4.40. The van der Waals surface area contributed by atoms with Crippen molar-refractivity contribution in [3.05, 3.63) is 58.3 Å². The van der Waals surface area contributed by atoms with Crippen LogP contribution >= 0.6 is 23.5 Å². The summed E-state index contributed by atoms with van der Waals surface area (Å²) in [5.74, 6) is -2.18. The van der Waals surface area contributed by atoms with Crippen molar-refractivity contribution in [2.45, 2.75) is 42.8 Å². The minimum Gasteiger partial charge on any atom is -0.481 e. The second-order valence-electron chi connectivity index (χ2n) is 8.09. The number of thioether (sulfide) groups is 2. The number of hydrogen-bond donors (Lipinski definition) is 0. The first-order valence-electron chi connectivity index (χ1n) is 11.8. The highest BCUT2D eigenvalue weighted by atomic mass is 32.2. The van der Waals surface area contributed by atoms with Gasteiger partial charge in [0.1, 0.15) is 36.9 Å². The lowest BCUT2D eigenvalue weighted by Gasteiger charge is -2.17. The van der Waals surface area contributed by atoms with E-state index in [-0.39, 0.29) is 24.7 Å². The van der Waals surface area contributed by atoms with Crippen LogP contribution in [-0.2, 0) is 38.1 Å². The van der Waals surface area contributed by atoms with Crippen LogP contribution in [0.4, 0.5) is 0 Å². The molecule has 216 valence electrons. The fraction of sp³-hybridized carbons (Fsp3) is 0.333. The molecule has 1 aromatic rings. The number of ether oxygens (including phenoxy) is 6. The first kappa shape index (κ1) is 32.8. The molecule has 2 unspecified atom stereocenters. The maximum absolute atomic E-state index is 12.3. The van der Waals surface area contributed by atoms with E-state index in [9.17, 15) is 24.4 Å². The number of allylic oxidation sites excluding steroid dienone is 1. The fourth-order valence-corrected chi connectivity index (χ4v) is 5.52. The SMILES string of the molecule is [C-]#[N+]/C(C#N)=C1\Sc2c(OCC(=O)OCC(C)OC(=O)C=C)cc(C)c(OCC(=O)OCC(C)OC(=O)C=C)c2S1. The second kappa shape index (κ2) is 16.0. The third-order valence-corrected chi connectivity index (χ3v) is 7.34. The second-order valence-corrected chi connectivity index (χ2v) is 10.4. The summed E-state index contributed by atoms with van der Waals surface area (Å²) in [7, 11) is 0. The number of rotatable bonds is 14. The molecule has 1 aromatic carbocycles. The molecule has 0 spiro atoms. The Morgan fingerprint density at radius 2 is 1.49 bits per heavy atom. The van der Waals surface area contributed by atoms with Gasteiger partial charge in [-0.2, -0.15) is 0 Å². The molecule has 1 aliphatic rings. The predicted octanol–water partition coefficient (Wildman–Crippen LogP) is 3.88. The van der Waals surface area contributed by atoms with Gasteiger partial charge in [-0.15, -0.1) is 0 Å². The van der Waals surface area contributed by atoms with Gasteiger partial charge in [-0.1, -0.05) is 36.7 Å². The molecule has 0 aromatic heterocycles. The summed E-state index contributed by atoms with van der Waals surface area (Å²) in [6.45, 7) is 17.3. The number of benzene rings is 1. The largest absolute Gasteiger partial charge is 0.481 e. The molecule has 2 rings (SSSR count). The molecule has 0 radical (unpaired) electrons. The summed E-state index contributed by atoms with van der Waals surface area (Å²) >= 11 is 2.18. The number of nitrogens with zero attached hydrogens (tertiary/aromatic N) is 2. The Bertz CT molecular complexity index is 1330. The lowest BCUT2D eigenvalue weighted by atomic mass is 10.2. The number of carbonyl (C=O) groups is 4. The summed E-state index contributed by atoms with van der Waals surface area (Å²) in [5, 5.41) is 9.35. The van der Waals surface area contributed by atoms with Crippen LogP contribution < -0.4 is 9.47 Å². The van der Waals surface area contributed by atoms with Gasteiger partial charge >= 0.3 is 23.9 Å². The summed E-state index contributed by atoms with van der Waals surface area (Å²) in [6.07, 6.45) is 0.605. The number of esters is 4. The van der Waals surface area contributed by atoms with Crippen LogP contribution in [0.1, 0.15) is 19.4 Å². The Kier molecular flexibility index (Phi) is 12.8. The van der Waals surface area contributed by atoms with Gasteiger partial charge in [0.15, 0.2) is 13.2 Å². The average molecular weight is 603 g/mol. The maximum Gasteiger partial charge on any atom is 0.344 e. The minimum atomic E-state index is -0.723. The fourth-order valence-electron chi connectivity index (χ4n) is 2.95. The summed E-state index contributed by atoms with van der Waals surface area (Å²) < 4.78 is 31.9. The van der Waals surface area contributed by atoms with Gasteiger partial charge in [0, 0.05) is 12.2 Å². The van der Waals surface area contributed by atoms with Crippen molar-refractivity contribution < 1.29 is 47.6 Å². The molecule has 0 aliphatic carbocycles. The van der Waals surface area contributed by atoms with Crippen molar-refractivity contribution >= 4 is 47.4 Å². The molecular formula is C27H26N2O10S2. The number of carbonyl (C=O) groups excluding carboxylic acids is 4. The number of aryl methyl sites for hydroxylation is 1. The minimum absolute atomic E-state index is 0.143. The van der Waals surface area contributed by atoms with E-state index in [4.69, 9.17) is 35.0 Å². The standard InChI is InChI=1S/C27H26N2O10S2/c1-7-20(30)38-16(4)11-35-22(32)13-34-19-9-15(3)24(26-25(19)40-27(41-26)18(10-28)29-6)37-14-23(33)36-12-17(5)39-21(31)8-2/h7-9,16-17H,1-2,11-14H2,3-5H3/b27-18+. The molecule has 0 fully saturated rings. The van der Waals surface area contributed by atoms with Gasteiger partial charge in [-0.25, -0.2) is 29.3 Å². The molecular weight excluding hydrogens is 576 g/mol. The zero-order chi connectivity index (χ0) is 30.5. The van der Waals surface area contributed by atoms with Crippen LogP contribution in [0.3, 0.4) is 0 Å². The molecule has 0 bridgehead atoms. The van der Waals surface area contributed by atoms with Crippen molar-refractivity contribution in [3.63, 3.8) is 0 Å². The third kappa shape index (κ3) is 9.94. The van der Waals surface area contributed by atoms with E-state index < -0.39 is 49.3 Å². The zero-order valence-electron chi connectivity index (χ0n) is 22.4. The predicted molar refractivity (Wildman–Crippen MR) is 147 cm³/mol. The van der Waals surface area contributed by atoms with Crippen LogP contribution in [0.5, 0.6) is 11.5 Å². The van der Waals surface area contributed by atoms with Crippen LogP contribution in [0.25, 0.3) is 4.85 Å². The van der Waals surface area contributed by atoms with E-state index in [1.165, 1.54) is 0 Å². The summed E-state index contributed by atoms with van der Waals surface area (Å²) in [5.41, 5.74) is 0.393. The molecule has 0 saturated carbocycles. The molecule has 0 saturated heterocycles. The van der Waals surface area contributed by atoms with Gasteiger partial charge in [0.05, 0.1) is 26.7 Å². The Labute approximate surface area is 245 Å². The molecule has 14 heteroatoms. The van der Waals surface area contributed by atoms with Gasteiger partial charge in [-0.3, -0.25) is 0 Å². The first-order chi connectivity index (χ1) is 19.5. The van der Waals surface area contributed by atoms with Crippen LogP contribution in [0.2, 0.25) is 0 Å². The van der Waals surface area contributed by atoms with Crippen molar-refractivity contribution in [2.75, 3.05) is 26.4 Å². The van der Waals surface area contributed by atoms with Crippen molar-refractivity contribution in [1.29, 1.82) is 5.26 Å². The van der Waals surface area contributed by atoms with Gasteiger partial charge < -0.3 is 28.4 Å². The number of fused-ring (bicyclic) bond motifs is 1. The quantitative estimate of drug-likeness (QED) is 0.0996. The summed E-state index contributed by atoms with van der Waals surface area (Å²) in [6, 6.07) is 3.42. The van der Waals surface area contributed by atoms with Crippen molar-refractivity contribution in [1.82, 2.24) is 0 Å². The first-order valence-corrected chi connectivity index (χ1v) is 13.4. The Balaban J connectivity index is 2.14. The molecule has 12 nitrogen and oxygen atoms in total. The van der Waals surface area contributed by atoms with E-state index in [0.29, 0.717) is 25.3 Å². The van der Waals surface area contributed by atoms with Crippen molar-refractivity contribution in [2.24, 2.45) is 0 Å². The van der Waals surface area contributed by atoms with E-state index >= 15 is 0 Å². The molecule has 2 atom stereocenters. The Morgan fingerprint density at radius 1 is 0.976 bits per heavy atom. The maximum atomic E-state index is 12.3. The molecule has 41 heavy (non-hydrogen) atoms. The topological polar surface area (TPSA) is 152 Å². The van der Waals surface area contributed by atoms with E-state index in [0.717, 1.165) is 35.7 Å². The van der Waals surface area contributed by atoms with E-state index in [2.05, 4.69) is 18.0 Å². The monoisotopic (exact) mass is 602 g/mol.